The highest BCUT2D eigenvalue weighted by atomic mass is 32.2. The lowest BCUT2D eigenvalue weighted by Crippen LogP contribution is -2.48. The summed E-state index contributed by atoms with van der Waals surface area (Å²) in [4.78, 5) is 22.5. The van der Waals surface area contributed by atoms with Crippen molar-refractivity contribution >= 4 is 23.4 Å². The lowest BCUT2D eigenvalue weighted by Gasteiger charge is -2.36. The number of rotatable bonds is 5. The third kappa shape index (κ3) is 4.98. The molecular formula is C24H25N3OS. The summed E-state index contributed by atoms with van der Waals surface area (Å²) in [5.41, 5.74) is 4.47. The molecule has 2 aromatic carbocycles. The number of nitrogens with zero attached hydrogens (tertiary/aromatic N) is 3. The number of piperazine rings is 1. The van der Waals surface area contributed by atoms with Crippen molar-refractivity contribution in [2.45, 2.75) is 17.6 Å². The van der Waals surface area contributed by atoms with Crippen molar-refractivity contribution in [2.24, 2.45) is 0 Å². The van der Waals surface area contributed by atoms with E-state index >= 15 is 0 Å². The van der Waals surface area contributed by atoms with Gasteiger partial charge in [-0.3, -0.25) is 9.78 Å². The van der Waals surface area contributed by atoms with Crippen molar-refractivity contribution in [3.05, 3.63) is 89.7 Å². The van der Waals surface area contributed by atoms with Crippen molar-refractivity contribution in [3.63, 3.8) is 0 Å². The van der Waals surface area contributed by atoms with Crippen molar-refractivity contribution < 1.29 is 4.79 Å². The lowest BCUT2D eigenvalue weighted by molar-refractivity contribution is 0.0746. The number of carbonyl (C=O) groups is 1. The van der Waals surface area contributed by atoms with Crippen LogP contribution < -0.4 is 4.90 Å². The van der Waals surface area contributed by atoms with Gasteiger partial charge in [-0.15, -0.1) is 11.8 Å². The van der Waals surface area contributed by atoms with Gasteiger partial charge in [-0.1, -0.05) is 18.2 Å². The van der Waals surface area contributed by atoms with E-state index in [1.807, 2.05) is 41.4 Å². The molecule has 29 heavy (non-hydrogen) atoms. The minimum absolute atomic E-state index is 0.123. The number of pyridine rings is 1. The van der Waals surface area contributed by atoms with Gasteiger partial charge in [-0.25, -0.2) is 0 Å². The number of anilines is 1. The zero-order chi connectivity index (χ0) is 20.1. The van der Waals surface area contributed by atoms with Crippen molar-refractivity contribution in [2.75, 3.05) is 31.1 Å². The van der Waals surface area contributed by atoms with Gasteiger partial charge in [0, 0.05) is 60.5 Å². The Morgan fingerprint density at radius 1 is 1.00 bits per heavy atom. The first-order valence-electron chi connectivity index (χ1n) is 9.92. The van der Waals surface area contributed by atoms with Gasteiger partial charge < -0.3 is 9.80 Å². The quantitative estimate of drug-likeness (QED) is 0.581. The van der Waals surface area contributed by atoms with Crippen molar-refractivity contribution in [3.8, 4) is 0 Å². The van der Waals surface area contributed by atoms with E-state index in [0.29, 0.717) is 0 Å². The average Bonchev–Trinajstić information content (AvgIpc) is 2.78. The Kier molecular flexibility index (Phi) is 6.15. The highest BCUT2D eigenvalue weighted by Gasteiger charge is 2.22. The first-order chi connectivity index (χ1) is 14.2. The highest BCUT2D eigenvalue weighted by molar-refractivity contribution is 7.98. The van der Waals surface area contributed by atoms with Crippen LogP contribution in [-0.2, 0) is 5.75 Å². The second-order valence-electron chi connectivity index (χ2n) is 7.29. The van der Waals surface area contributed by atoms with Gasteiger partial charge in [0.2, 0.25) is 0 Å². The number of aromatic nitrogens is 1. The van der Waals surface area contributed by atoms with Gasteiger partial charge >= 0.3 is 0 Å². The first-order valence-corrected chi connectivity index (χ1v) is 10.9. The number of hydrogen-bond donors (Lipinski definition) is 0. The Morgan fingerprint density at radius 2 is 1.79 bits per heavy atom. The van der Waals surface area contributed by atoms with E-state index in [1.165, 1.54) is 16.8 Å². The fraction of sp³-hybridized carbons (Fsp3) is 0.250. The molecule has 0 spiro atoms. The van der Waals surface area contributed by atoms with Gasteiger partial charge in [0.25, 0.3) is 5.91 Å². The summed E-state index contributed by atoms with van der Waals surface area (Å²) in [5.74, 6) is 1.000. The van der Waals surface area contributed by atoms with Crippen LogP contribution in [-0.4, -0.2) is 42.0 Å². The zero-order valence-electron chi connectivity index (χ0n) is 16.6. The molecule has 1 aliphatic rings. The normalized spacial score (nSPS) is 14.1. The van der Waals surface area contributed by atoms with Crippen LogP contribution in [0.5, 0.6) is 0 Å². The predicted molar refractivity (Wildman–Crippen MR) is 120 cm³/mol. The zero-order valence-corrected chi connectivity index (χ0v) is 17.4. The average molecular weight is 404 g/mol. The number of aryl methyl sites for hydroxylation is 1. The molecule has 148 valence electrons. The highest BCUT2D eigenvalue weighted by Crippen LogP contribution is 2.24. The topological polar surface area (TPSA) is 36.4 Å². The Labute approximate surface area is 176 Å². The molecule has 2 heterocycles. The molecule has 1 aromatic heterocycles. The van der Waals surface area contributed by atoms with Gasteiger partial charge in [-0.05, 0) is 60.5 Å². The smallest absolute Gasteiger partial charge is 0.253 e. The largest absolute Gasteiger partial charge is 0.368 e. The molecule has 1 aliphatic heterocycles. The van der Waals surface area contributed by atoms with E-state index in [1.54, 1.807) is 18.0 Å². The SMILES string of the molecule is Cc1cccc(N2CCN(C(=O)c3ccc(SCc4cccnc4)cc3)CC2)c1. The van der Waals surface area contributed by atoms with E-state index in [9.17, 15) is 4.79 Å². The molecule has 1 fully saturated rings. The molecule has 1 saturated heterocycles. The maximum Gasteiger partial charge on any atom is 0.253 e. The summed E-state index contributed by atoms with van der Waals surface area (Å²) in [7, 11) is 0. The fourth-order valence-electron chi connectivity index (χ4n) is 3.52. The summed E-state index contributed by atoms with van der Waals surface area (Å²) in [5, 5.41) is 0. The third-order valence-corrected chi connectivity index (χ3v) is 6.25. The predicted octanol–water partition coefficient (Wildman–Crippen LogP) is 4.64. The van der Waals surface area contributed by atoms with E-state index in [0.717, 1.165) is 42.4 Å². The van der Waals surface area contributed by atoms with Crippen LogP contribution in [0.4, 0.5) is 5.69 Å². The van der Waals surface area contributed by atoms with Crippen LogP contribution in [0.2, 0.25) is 0 Å². The van der Waals surface area contributed by atoms with E-state index in [-0.39, 0.29) is 5.91 Å². The molecule has 0 bridgehead atoms. The molecule has 3 aromatic rings. The Bertz CT molecular complexity index is 951. The van der Waals surface area contributed by atoms with Gasteiger partial charge in [-0.2, -0.15) is 0 Å². The van der Waals surface area contributed by atoms with Crippen molar-refractivity contribution in [1.82, 2.24) is 9.88 Å². The van der Waals surface area contributed by atoms with E-state index in [2.05, 4.69) is 47.1 Å². The number of benzene rings is 2. The summed E-state index contributed by atoms with van der Waals surface area (Å²) in [6, 6.07) is 20.6. The van der Waals surface area contributed by atoms with Gasteiger partial charge in [0.1, 0.15) is 0 Å². The van der Waals surface area contributed by atoms with Gasteiger partial charge in [0.15, 0.2) is 0 Å². The maximum absolute atomic E-state index is 12.9. The lowest BCUT2D eigenvalue weighted by atomic mass is 10.1. The molecular weight excluding hydrogens is 378 g/mol. The first kappa shape index (κ1) is 19.5. The molecule has 0 atom stereocenters. The van der Waals surface area contributed by atoms with Crippen molar-refractivity contribution in [1.29, 1.82) is 0 Å². The Hall–Kier alpha value is -2.79. The minimum atomic E-state index is 0.123. The summed E-state index contributed by atoms with van der Waals surface area (Å²) >= 11 is 1.76. The number of carbonyl (C=O) groups excluding carboxylic acids is 1. The summed E-state index contributed by atoms with van der Waals surface area (Å²) in [6.07, 6.45) is 3.68. The molecule has 0 aliphatic carbocycles. The van der Waals surface area contributed by atoms with Crippen LogP contribution in [0.1, 0.15) is 21.5 Å². The van der Waals surface area contributed by atoms with Crippen LogP contribution in [0.15, 0.2) is 78.0 Å². The molecule has 0 saturated carbocycles. The maximum atomic E-state index is 12.9. The molecule has 0 unspecified atom stereocenters. The molecule has 5 heteroatoms. The molecule has 0 N–H and O–H groups in total. The number of hydrogen-bond acceptors (Lipinski definition) is 4. The molecule has 4 nitrogen and oxygen atoms in total. The minimum Gasteiger partial charge on any atom is -0.368 e. The number of thioether (sulfide) groups is 1. The van der Waals surface area contributed by atoms with Crippen LogP contribution in [0.25, 0.3) is 0 Å². The van der Waals surface area contributed by atoms with E-state index in [4.69, 9.17) is 0 Å². The monoisotopic (exact) mass is 403 g/mol. The summed E-state index contributed by atoms with van der Waals surface area (Å²) in [6.45, 7) is 5.36. The third-order valence-electron chi connectivity index (χ3n) is 5.16. The van der Waals surface area contributed by atoms with Crippen LogP contribution in [0.3, 0.4) is 0 Å². The second kappa shape index (κ2) is 9.14. The van der Waals surface area contributed by atoms with Crippen LogP contribution in [0, 0.1) is 6.92 Å². The Morgan fingerprint density at radius 3 is 2.48 bits per heavy atom. The Balaban J connectivity index is 1.31. The van der Waals surface area contributed by atoms with Gasteiger partial charge in [0.05, 0.1) is 0 Å². The second-order valence-corrected chi connectivity index (χ2v) is 8.34. The summed E-state index contributed by atoms with van der Waals surface area (Å²) < 4.78 is 0. The standard InChI is InChI=1S/C24H25N3OS/c1-19-4-2-6-22(16-19)26-12-14-27(15-13-26)24(28)21-7-9-23(10-8-21)29-18-20-5-3-11-25-17-20/h2-11,16-17H,12-15,18H2,1H3. The molecule has 0 radical (unpaired) electrons. The fourth-order valence-corrected chi connectivity index (χ4v) is 4.35. The molecule has 1 amide bonds. The van der Waals surface area contributed by atoms with Crippen LogP contribution >= 0.6 is 11.8 Å². The number of amides is 1. The molecule has 4 rings (SSSR count). The van der Waals surface area contributed by atoms with E-state index < -0.39 is 0 Å².